The Kier molecular flexibility index (Phi) is 3.65. The zero-order valence-corrected chi connectivity index (χ0v) is 11.3. The Labute approximate surface area is 123 Å². The number of fused-ring (bicyclic) bond motifs is 1. The molecule has 2 amide bonds. The molecule has 2 aromatic heterocycles. The normalized spacial score (nSPS) is 10.6. The van der Waals surface area contributed by atoms with E-state index < -0.39 is 23.4 Å². The van der Waals surface area contributed by atoms with Gasteiger partial charge in [-0.05, 0) is 24.3 Å². The van der Waals surface area contributed by atoms with Crippen molar-refractivity contribution in [1.29, 1.82) is 0 Å². The molecule has 0 atom stereocenters. The summed E-state index contributed by atoms with van der Waals surface area (Å²) in [6.45, 7) is 0.0626. The number of hydrogen-bond donors (Lipinski definition) is 2. The molecule has 6 nitrogen and oxygen atoms in total. The summed E-state index contributed by atoms with van der Waals surface area (Å²) in [7, 11) is 0. The summed E-state index contributed by atoms with van der Waals surface area (Å²) in [5.41, 5.74) is 0.144. The Bertz CT molecular complexity index is 813. The number of urea groups is 1. The van der Waals surface area contributed by atoms with Gasteiger partial charge in [-0.15, -0.1) is 10.2 Å². The summed E-state index contributed by atoms with van der Waals surface area (Å²) in [5, 5.41) is 12.5. The first kappa shape index (κ1) is 13.9. The van der Waals surface area contributed by atoms with E-state index in [1.807, 2.05) is 6.07 Å². The molecule has 1 aromatic carbocycles. The van der Waals surface area contributed by atoms with E-state index in [0.29, 0.717) is 11.5 Å². The Morgan fingerprint density at radius 2 is 1.86 bits per heavy atom. The molecule has 0 saturated carbocycles. The van der Waals surface area contributed by atoms with E-state index >= 15 is 0 Å². The van der Waals surface area contributed by atoms with E-state index in [1.54, 1.807) is 22.7 Å². The number of halogens is 2. The smallest absolute Gasteiger partial charge is 0.319 e. The van der Waals surface area contributed by atoms with Crippen molar-refractivity contribution in [3.05, 3.63) is 60.1 Å². The van der Waals surface area contributed by atoms with Crippen LogP contribution in [0.25, 0.3) is 5.65 Å². The lowest BCUT2D eigenvalue weighted by atomic mass is 10.3. The highest BCUT2D eigenvalue weighted by molar-refractivity contribution is 5.89. The van der Waals surface area contributed by atoms with Gasteiger partial charge in [0.15, 0.2) is 11.5 Å². The number of anilines is 1. The van der Waals surface area contributed by atoms with Gasteiger partial charge in [0.1, 0.15) is 17.3 Å². The van der Waals surface area contributed by atoms with Crippen molar-refractivity contribution in [2.75, 3.05) is 5.32 Å². The third-order valence-corrected chi connectivity index (χ3v) is 2.99. The molecule has 2 heterocycles. The van der Waals surface area contributed by atoms with Gasteiger partial charge in [-0.1, -0.05) is 12.1 Å². The number of nitrogens with one attached hydrogen (secondary N) is 2. The van der Waals surface area contributed by atoms with Crippen LogP contribution in [0.1, 0.15) is 5.82 Å². The van der Waals surface area contributed by atoms with Crippen molar-refractivity contribution in [3.63, 3.8) is 0 Å². The number of pyridine rings is 1. The molecule has 0 aliphatic carbocycles. The minimum atomic E-state index is -0.844. The van der Waals surface area contributed by atoms with Crippen molar-refractivity contribution < 1.29 is 13.6 Å². The fraction of sp³-hybridized carbons (Fsp3) is 0.0714. The number of nitrogens with zero attached hydrogens (tertiary/aromatic N) is 3. The average Bonchev–Trinajstić information content (AvgIpc) is 2.92. The van der Waals surface area contributed by atoms with Gasteiger partial charge in [0.25, 0.3) is 0 Å². The molecule has 0 spiro atoms. The van der Waals surface area contributed by atoms with Gasteiger partial charge >= 0.3 is 6.03 Å². The van der Waals surface area contributed by atoms with Crippen molar-refractivity contribution in [2.24, 2.45) is 0 Å². The summed E-state index contributed by atoms with van der Waals surface area (Å²) in [6, 6.07) is 7.98. The number of para-hydroxylation sites is 1. The number of aromatic nitrogens is 3. The molecular weight excluding hydrogens is 292 g/mol. The summed E-state index contributed by atoms with van der Waals surface area (Å²) >= 11 is 0. The van der Waals surface area contributed by atoms with Crippen LogP contribution in [0.15, 0.2) is 42.6 Å². The van der Waals surface area contributed by atoms with Crippen molar-refractivity contribution >= 4 is 17.4 Å². The highest BCUT2D eigenvalue weighted by atomic mass is 19.1. The first-order valence-electron chi connectivity index (χ1n) is 6.42. The summed E-state index contributed by atoms with van der Waals surface area (Å²) in [6.07, 6.45) is 1.75. The van der Waals surface area contributed by atoms with Crippen molar-refractivity contribution in [1.82, 2.24) is 19.9 Å². The van der Waals surface area contributed by atoms with Gasteiger partial charge < -0.3 is 10.6 Å². The molecule has 112 valence electrons. The van der Waals surface area contributed by atoms with Crippen LogP contribution in [0.2, 0.25) is 0 Å². The molecule has 0 unspecified atom stereocenters. The maximum atomic E-state index is 13.4. The van der Waals surface area contributed by atoms with Crippen LogP contribution in [-0.2, 0) is 6.54 Å². The third-order valence-electron chi connectivity index (χ3n) is 2.99. The largest absolute Gasteiger partial charge is 0.331 e. The average molecular weight is 303 g/mol. The molecule has 2 N–H and O–H groups in total. The van der Waals surface area contributed by atoms with Crippen LogP contribution in [0.4, 0.5) is 19.3 Å². The van der Waals surface area contributed by atoms with E-state index in [1.165, 1.54) is 6.07 Å². The van der Waals surface area contributed by atoms with Crippen molar-refractivity contribution in [2.45, 2.75) is 6.54 Å². The lowest BCUT2D eigenvalue weighted by Gasteiger charge is -2.08. The van der Waals surface area contributed by atoms with Gasteiger partial charge in [-0.3, -0.25) is 4.40 Å². The maximum absolute atomic E-state index is 13.4. The fourth-order valence-electron chi connectivity index (χ4n) is 1.95. The lowest BCUT2D eigenvalue weighted by molar-refractivity contribution is 0.251. The summed E-state index contributed by atoms with van der Waals surface area (Å²) in [5.74, 6) is -1.19. The lowest BCUT2D eigenvalue weighted by Crippen LogP contribution is -2.29. The van der Waals surface area contributed by atoms with E-state index in [9.17, 15) is 13.6 Å². The number of hydrogen-bond acceptors (Lipinski definition) is 3. The van der Waals surface area contributed by atoms with E-state index in [4.69, 9.17) is 0 Å². The van der Waals surface area contributed by atoms with Gasteiger partial charge in [0.2, 0.25) is 0 Å². The molecule has 0 bridgehead atoms. The first-order valence-corrected chi connectivity index (χ1v) is 6.42. The number of rotatable bonds is 3. The van der Waals surface area contributed by atoms with Crippen LogP contribution in [-0.4, -0.2) is 20.6 Å². The topological polar surface area (TPSA) is 71.3 Å². The van der Waals surface area contributed by atoms with Gasteiger partial charge in [0, 0.05) is 6.20 Å². The quantitative estimate of drug-likeness (QED) is 0.780. The minimum Gasteiger partial charge on any atom is -0.331 e. The fourth-order valence-corrected chi connectivity index (χ4v) is 1.95. The molecule has 0 fully saturated rings. The molecular formula is C14H11F2N5O. The Morgan fingerprint density at radius 1 is 1.09 bits per heavy atom. The predicted octanol–water partition coefficient (Wildman–Crippen LogP) is 2.33. The zero-order chi connectivity index (χ0) is 15.5. The van der Waals surface area contributed by atoms with Crippen LogP contribution in [0.3, 0.4) is 0 Å². The number of carbonyl (C=O) groups is 1. The number of carbonyl (C=O) groups excluding carboxylic acids is 1. The van der Waals surface area contributed by atoms with Gasteiger partial charge in [-0.2, -0.15) is 0 Å². The molecule has 0 aliphatic heterocycles. The Balaban J connectivity index is 1.68. The second-order valence-corrected chi connectivity index (χ2v) is 4.45. The summed E-state index contributed by atoms with van der Waals surface area (Å²) in [4.78, 5) is 11.7. The Hall–Kier alpha value is -3.03. The van der Waals surface area contributed by atoms with Gasteiger partial charge in [0.05, 0.1) is 6.54 Å². The van der Waals surface area contributed by atoms with Crippen LogP contribution < -0.4 is 10.6 Å². The Morgan fingerprint density at radius 3 is 2.64 bits per heavy atom. The highest BCUT2D eigenvalue weighted by Gasteiger charge is 2.12. The molecule has 0 aliphatic rings. The van der Waals surface area contributed by atoms with Crippen molar-refractivity contribution in [3.8, 4) is 0 Å². The molecule has 8 heteroatoms. The highest BCUT2D eigenvalue weighted by Crippen LogP contribution is 2.17. The van der Waals surface area contributed by atoms with Crippen LogP contribution in [0, 0.1) is 11.6 Å². The molecule has 22 heavy (non-hydrogen) atoms. The monoisotopic (exact) mass is 303 g/mol. The molecule has 3 rings (SSSR count). The molecule has 0 saturated heterocycles. The van der Waals surface area contributed by atoms with Crippen LogP contribution >= 0.6 is 0 Å². The number of amides is 2. The van der Waals surface area contributed by atoms with E-state index in [2.05, 4.69) is 20.8 Å². The maximum Gasteiger partial charge on any atom is 0.319 e. The molecule has 0 radical (unpaired) electrons. The first-order chi connectivity index (χ1) is 10.6. The third kappa shape index (κ3) is 2.71. The zero-order valence-electron chi connectivity index (χ0n) is 11.3. The van der Waals surface area contributed by atoms with Crippen LogP contribution in [0.5, 0.6) is 0 Å². The standard InChI is InChI=1S/C14H11F2N5O/c15-9-4-3-5-10(16)13(9)18-14(22)17-8-12-20-19-11-6-1-2-7-21(11)12/h1-7H,8H2,(H2,17,18,22). The van der Waals surface area contributed by atoms with E-state index in [-0.39, 0.29) is 6.54 Å². The van der Waals surface area contributed by atoms with Gasteiger partial charge in [-0.25, -0.2) is 13.6 Å². The predicted molar refractivity (Wildman–Crippen MR) is 75.2 cm³/mol. The number of benzene rings is 1. The molecule has 3 aromatic rings. The SMILES string of the molecule is O=C(NCc1nnc2ccccn12)Nc1c(F)cccc1F. The second kappa shape index (κ2) is 5.76. The minimum absolute atomic E-state index is 0.0626. The van der Waals surface area contributed by atoms with E-state index in [0.717, 1.165) is 12.1 Å². The summed E-state index contributed by atoms with van der Waals surface area (Å²) < 4.78 is 28.5. The second-order valence-electron chi connectivity index (χ2n) is 4.45.